The van der Waals surface area contributed by atoms with E-state index in [0.29, 0.717) is 10.9 Å². The second kappa shape index (κ2) is 6.45. The van der Waals surface area contributed by atoms with Crippen molar-refractivity contribution in [2.24, 2.45) is 14.1 Å². The average molecular weight is 379 g/mol. The summed E-state index contributed by atoms with van der Waals surface area (Å²) in [4.78, 5) is 43.5. The van der Waals surface area contributed by atoms with Crippen LogP contribution in [-0.4, -0.2) is 32.0 Å². The summed E-state index contributed by atoms with van der Waals surface area (Å²) in [5, 5.41) is 0.225. The Morgan fingerprint density at radius 2 is 2.00 bits per heavy atom. The van der Waals surface area contributed by atoms with Crippen LogP contribution in [0.4, 0.5) is 0 Å². The zero-order chi connectivity index (χ0) is 18.3. The van der Waals surface area contributed by atoms with Crippen molar-refractivity contribution in [3.8, 4) is 0 Å². The number of nitrogens with zero attached hydrogens (tertiary/aromatic N) is 4. The number of fused-ring (bicyclic) bond motifs is 1. The van der Waals surface area contributed by atoms with E-state index in [9.17, 15) is 14.4 Å². The Morgan fingerprint density at radius 1 is 1.28 bits per heavy atom. The van der Waals surface area contributed by atoms with Gasteiger partial charge in [0.2, 0.25) is 0 Å². The van der Waals surface area contributed by atoms with Crippen LogP contribution in [0.5, 0.6) is 0 Å². The van der Waals surface area contributed by atoms with Crippen molar-refractivity contribution in [3.63, 3.8) is 0 Å². The van der Waals surface area contributed by atoms with Crippen LogP contribution in [0, 0.1) is 0 Å². The number of halogens is 1. The maximum Gasteiger partial charge on any atom is 0.332 e. The van der Waals surface area contributed by atoms with Crippen LogP contribution in [0.15, 0.2) is 34.0 Å². The van der Waals surface area contributed by atoms with E-state index in [0.717, 1.165) is 9.44 Å². The molecule has 3 aromatic heterocycles. The van der Waals surface area contributed by atoms with Crippen LogP contribution < -0.4 is 11.2 Å². The van der Waals surface area contributed by atoms with Crippen molar-refractivity contribution < 1.29 is 4.79 Å². The number of hydrogen-bond acceptors (Lipinski definition) is 5. The molecule has 0 atom stereocenters. The lowest BCUT2D eigenvalue weighted by Gasteiger charge is -2.16. The maximum atomic E-state index is 12.6. The van der Waals surface area contributed by atoms with Gasteiger partial charge in [0.05, 0.1) is 21.8 Å². The van der Waals surface area contributed by atoms with E-state index in [4.69, 9.17) is 11.6 Å². The number of carbonyl (C=O) groups is 1. The van der Waals surface area contributed by atoms with Gasteiger partial charge in [-0.25, -0.2) is 9.78 Å². The van der Waals surface area contributed by atoms with Crippen LogP contribution >= 0.6 is 22.9 Å². The van der Waals surface area contributed by atoms with Crippen LogP contribution in [0.3, 0.4) is 0 Å². The number of rotatable bonds is 3. The molecule has 1 amide bonds. The van der Waals surface area contributed by atoms with Gasteiger partial charge < -0.3 is 4.90 Å². The fourth-order valence-corrected chi connectivity index (χ4v) is 3.69. The van der Waals surface area contributed by atoms with Gasteiger partial charge in [0.1, 0.15) is 5.65 Å². The third-order valence-electron chi connectivity index (χ3n) is 3.91. The highest BCUT2D eigenvalue weighted by molar-refractivity contribution is 7.16. The number of amides is 1. The minimum Gasteiger partial charge on any atom is -0.337 e. The molecule has 0 saturated carbocycles. The number of aromatic nitrogens is 3. The Labute approximate surface area is 151 Å². The predicted molar refractivity (Wildman–Crippen MR) is 97.4 cm³/mol. The van der Waals surface area contributed by atoms with Gasteiger partial charge in [-0.3, -0.25) is 18.7 Å². The highest BCUT2D eigenvalue weighted by Crippen LogP contribution is 2.23. The Balaban J connectivity index is 2.00. The Hall–Kier alpha value is -2.45. The summed E-state index contributed by atoms with van der Waals surface area (Å²) in [6.07, 6.45) is 1.38. The van der Waals surface area contributed by atoms with Crippen LogP contribution in [0.25, 0.3) is 11.0 Å². The molecule has 0 bridgehead atoms. The zero-order valence-electron chi connectivity index (χ0n) is 13.8. The molecule has 0 saturated heterocycles. The number of carbonyl (C=O) groups excluding carboxylic acids is 1. The molecule has 3 aromatic rings. The van der Waals surface area contributed by atoms with E-state index in [-0.39, 0.29) is 22.5 Å². The molecule has 9 heteroatoms. The van der Waals surface area contributed by atoms with Crippen molar-refractivity contribution in [1.29, 1.82) is 0 Å². The molecule has 0 fully saturated rings. The summed E-state index contributed by atoms with van der Waals surface area (Å²) < 4.78 is 2.94. The number of thiophene rings is 1. The van der Waals surface area contributed by atoms with E-state index in [1.165, 1.54) is 47.2 Å². The molecule has 3 rings (SSSR count). The standard InChI is InChI=1S/C16H15ClN4O3S/c1-19(8-10-4-5-12(17)25-10)14(22)9-6-11-13(18-7-9)20(2)16(24)21(3)15(11)23/h4-7H,8H2,1-3H3. The first-order valence-electron chi connectivity index (χ1n) is 7.35. The third-order valence-corrected chi connectivity index (χ3v) is 5.12. The maximum absolute atomic E-state index is 12.6. The van der Waals surface area contributed by atoms with Crippen molar-refractivity contribution in [2.75, 3.05) is 7.05 Å². The molecule has 25 heavy (non-hydrogen) atoms. The molecule has 0 spiro atoms. The minimum atomic E-state index is -0.479. The van der Waals surface area contributed by atoms with E-state index in [2.05, 4.69) is 4.98 Å². The Bertz CT molecular complexity index is 1100. The topological polar surface area (TPSA) is 77.2 Å². The first-order valence-corrected chi connectivity index (χ1v) is 8.54. The summed E-state index contributed by atoms with van der Waals surface area (Å²) in [5.74, 6) is -0.269. The van der Waals surface area contributed by atoms with Gasteiger partial charge in [0, 0.05) is 32.2 Å². The molecule has 0 unspecified atom stereocenters. The smallest absolute Gasteiger partial charge is 0.332 e. The molecule has 0 radical (unpaired) electrons. The van der Waals surface area contributed by atoms with E-state index in [1.807, 2.05) is 6.07 Å². The molecular weight excluding hydrogens is 364 g/mol. The van der Waals surface area contributed by atoms with Gasteiger partial charge in [0.25, 0.3) is 11.5 Å². The van der Waals surface area contributed by atoms with Crippen LogP contribution in [-0.2, 0) is 20.6 Å². The highest BCUT2D eigenvalue weighted by atomic mass is 35.5. The second-order valence-corrected chi connectivity index (χ2v) is 7.47. The monoisotopic (exact) mass is 378 g/mol. The first-order chi connectivity index (χ1) is 11.8. The normalized spacial score (nSPS) is 11.0. The van der Waals surface area contributed by atoms with Gasteiger partial charge in [-0.15, -0.1) is 11.3 Å². The van der Waals surface area contributed by atoms with Crippen LogP contribution in [0.2, 0.25) is 4.34 Å². The third kappa shape index (κ3) is 3.10. The minimum absolute atomic E-state index is 0.225. The molecular formula is C16H15ClN4O3S. The van der Waals surface area contributed by atoms with Crippen molar-refractivity contribution in [3.05, 3.63) is 60.0 Å². The summed E-state index contributed by atoms with van der Waals surface area (Å²) in [6.45, 7) is 0.402. The zero-order valence-corrected chi connectivity index (χ0v) is 15.4. The number of hydrogen-bond donors (Lipinski definition) is 0. The van der Waals surface area contributed by atoms with Crippen LogP contribution in [0.1, 0.15) is 15.2 Å². The lowest BCUT2D eigenvalue weighted by molar-refractivity contribution is 0.0786. The van der Waals surface area contributed by atoms with Crippen molar-refractivity contribution in [2.45, 2.75) is 6.54 Å². The molecule has 7 nitrogen and oxygen atoms in total. The predicted octanol–water partition coefficient (Wildman–Crippen LogP) is 1.62. The van der Waals surface area contributed by atoms with Gasteiger partial charge in [-0.2, -0.15) is 0 Å². The van der Waals surface area contributed by atoms with Gasteiger partial charge >= 0.3 is 5.69 Å². The molecule has 3 heterocycles. The fraction of sp³-hybridized carbons (Fsp3) is 0.250. The van der Waals surface area contributed by atoms with E-state index in [1.54, 1.807) is 13.1 Å². The number of aryl methyl sites for hydroxylation is 1. The molecule has 130 valence electrons. The molecule has 0 aliphatic rings. The Morgan fingerprint density at radius 3 is 2.64 bits per heavy atom. The summed E-state index contributed by atoms with van der Waals surface area (Å²) in [5.41, 5.74) is -0.408. The van der Waals surface area contributed by atoms with E-state index >= 15 is 0 Å². The fourth-order valence-electron chi connectivity index (χ4n) is 2.54. The number of pyridine rings is 1. The molecule has 0 aliphatic heterocycles. The average Bonchev–Trinajstić information content (AvgIpc) is 3.01. The molecule has 0 aliphatic carbocycles. The second-order valence-electron chi connectivity index (χ2n) is 5.67. The van der Waals surface area contributed by atoms with Crippen molar-refractivity contribution >= 4 is 39.9 Å². The summed E-state index contributed by atoms with van der Waals surface area (Å²) in [6, 6.07) is 5.12. The van der Waals surface area contributed by atoms with E-state index < -0.39 is 11.2 Å². The molecule has 0 aromatic carbocycles. The largest absolute Gasteiger partial charge is 0.337 e. The SMILES string of the molecule is CN(Cc1ccc(Cl)s1)C(=O)c1cnc2c(c1)c(=O)n(C)c(=O)n2C. The van der Waals surface area contributed by atoms with Gasteiger partial charge in [-0.1, -0.05) is 11.6 Å². The summed E-state index contributed by atoms with van der Waals surface area (Å²) >= 11 is 7.31. The highest BCUT2D eigenvalue weighted by Gasteiger charge is 2.17. The lowest BCUT2D eigenvalue weighted by atomic mass is 10.2. The quantitative estimate of drug-likeness (QED) is 0.694. The Kier molecular flexibility index (Phi) is 4.49. The summed E-state index contributed by atoms with van der Waals surface area (Å²) in [7, 11) is 4.59. The van der Waals surface area contributed by atoms with Crippen molar-refractivity contribution in [1.82, 2.24) is 19.0 Å². The van der Waals surface area contributed by atoms with Gasteiger partial charge in [0.15, 0.2) is 0 Å². The molecule has 0 N–H and O–H groups in total. The van der Waals surface area contributed by atoms with Gasteiger partial charge in [-0.05, 0) is 18.2 Å². The lowest BCUT2D eigenvalue weighted by Crippen LogP contribution is -2.37. The first kappa shape index (κ1) is 17.4.